The number of methoxy groups -OCH3 is 3. The first-order valence-electron chi connectivity index (χ1n) is 10.6. The Morgan fingerprint density at radius 1 is 0.964 bits per heavy atom. The average Bonchev–Trinajstić information content (AvgIpc) is 3.05. The van der Waals surface area contributed by atoms with Crippen molar-refractivity contribution < 1.29 is 23.7 Å². The van der Waals surface area contributed by atoms with E-state index in [9.17, 15) is 0 Å². The molecule has 0 saturated heterocycles. The summed E-state index contributed by atoms with van der Waals surface area (Å²) in [5, 5.41) is 0. The molecule has 0 bridgehead atoms. The van der Waals surface area contributed by atoms with Gasteiger partial charge in [0.25, 0.3) is 0 Å². The molecule has 2 fully saturated rings. The Labute approximate surface area is 168 Å². The van der Waals surface area contributed by atoms with E-state index >= 15 is 0 Å². The Morgan fingerprint density at radius 3 is 2.54 bits per heavy atom. The van der Waals surface area contributed by atoms with E-state index in [2.05, 4.69) is 19.1 Å². The van der Waals surface area contributed by atoms with Crippen molar-refractivity contribution in [3.05, 3.63) is 23.3 Å². The van der Waals surface area contributed by atoms with Gasteiger partial charge in [-0.05, 0) is 85.0 Å². The van der Waals surface area contributed by atoms with Gasteiger partial charge in [0.15, 0.2) is 18.3 Å². The van der Waals surface area contributed by atoms with Gasteiger partial charge >= 0.3 is 0 Å². The van der Waals surface area contributed by atoms with Gasteiger partial charge in [-0.2, -0.15) is 0 Å². The van der Waals surface area contributed by atoms with Crippen molar-refractivity contribution in [3.63, 3.8) is 0 Å². The molecule has 0 aliphatic heterocycles. The average molecular weight is 391 g/mol. The predicted molar refractivity (Wildman–Crippen MR) is 107 cm³/mol. The highest BCUT2D eigenvalue weighted by Crippen LogP contribution is 2.62. The topological polar surface area (TPSA) is 46.2 Å². The van der Waals surface area contributed by atoms with E-state index in [0.29, 0.717) is 18.8 Å². The van der Waals surface area contributed by atoms with Crippen LogP contribution in [0.4, 0.5) is 0 Å². The maximum Gasteiger partial charge on any atom is 0.188 e. The van der Waals surface area contributed by atoms with Crippen LogP contribution in [0.1, 0.15) is 56.1 Å². The lowest BCUT2D eigenvalue weighted by atomic mass is 9.55. The third-order valence-corrected chi connectivity index (χ3v) is 7.64. The number of benzene rings is 1. The lowest BCUT2D eigenvalue weighted by molar-refractivity contribution is -0.125. The van der Waals surface area contributed by atoms with Crippen molar-refractivity contribution in [2.75, 3.05) is 34.9 Å². The molecule has 0 radical (unpaired) electrons. The van der Waals surface area contributed by atoms with E-state index in [1.54, 1.807) is 21.3 Å². The zero-order valence-corrected chi connectivity index (χ0v) is 17.7. The van der Waals surface area contributed by atoms with Crippen molar-refractivity contribution in [1.29, 1.82) is 0 Å². The SMILES string of the molecule is COCOc1cc2c(cc1OC)C1CC[C@@]3(C)C(CC[C@@H]3OCOC)C1CC2. The second-order valence-electron chi connectivity index (χ2n) is 8.85. The van der Waals surface area contributed by atoms with E-state index in [1.807, 2.05) is 0 Å². The fraction of sp³-hybridized carbons (Fsp3) is 0.739. The van der Waals surface area contributed by atoms with Crippen LogP contribution in [0.25, 0.3) is 0 Å². The first-order chi connectivity index (χ1) is 13.6. The van der Waals surface area contributed by atoms with E-state index < -0.39 is 0 Å². The standard InChI is InChI=1S/C23H34O5/c1-23-10-9-16-17(19(23)7-8-22(23)28-14-25-3)6-5-15-11-21(27-13-24-2)20(26-4)12-18(15)16/h11-12,16-17,19,22H,5-10,13-14H2,1-4H3/t16?,17?,19?,22-,23-/m0/s1. The summed E-state index contributed by atoms with van der Waals surface area (Å²) in [6, 6.07) is 4.41. The second kappa shape index (κ2) is 8.21. The summed E-state index contributed by atoms with van der Waals surface area (Å²) in [5.74, 6) is 3.69. The molecule has 0 heterocycles. The number of ether oxygens (including phenoxy) is 5. The van der Waals surface area contributed by atoms with E-state index in [0.717, 1.165) is 36.2 Å². The molecule has 28 heavy (non-hydrogen) atoms. The molecular formula is C23H34O5. The second-order valence-corrected chi connectivity index (χ2v) is 8.85. The van der Waals surface area contributed by atoms with E-state index in [1.165, 1.54) is 36.8 Å². The normalized spacial score (nSPS) is 33.7. The Morgan fingerprint density at radius 2 is 1.79 bits per heavy atom. The van der Waals surface area contributed by atoms with Crippen molar-refractivity contribution in [2.45, 2.75) is 57.5 Å². The van der Waals surface area contributed by atoms with Crippen LogP contribution < -0.4 is 9.47 Å². The third-order valence-electron chi connectivity index (χ3n) is 7.64. The largest absolute Gasteiger partial charge is 0.493 e. The number of hydrogen-bond acceptors (Lipinski definition) is 5. The van der Waals surface area contributed by atoms with Crippen molar-refractivity contribution >= 4 is 0 Å². The summed E-state index contributed by atoms with van der Waals surface area (Å²) >= 11 is 0. The van der Waals surface area contributed by atoms with Crippen LogP contribution in [0.2, 0.25) is 0 Å². The van der Waals surface area contributed by atoms with Gasteiger partial charge in [-0.1, -0.05) is 6.92 Å². The molecule has 5 heteroatoms. The Kier molecular flexibility index (Phi) is 5.86. The highest BCUT2D eigenvalue weighted by Gasteiger charge is 2.55. The maximum absolute atomic E-state index is 6.09. The molecule has 2 saturated carbocycles. The minimum atomic E-state index is 0.241. The maximum atomic E-state index is 6.09. The summed E-state index contributed by atoms with van der Waals surface area (Å²) < 4.78 is 27.7. The highest BCUT2D eigenvalue weighted by molar-refractivity contribution is 5.50. The molecule has 0 amide bonds. The molecule has 156 valence electrons. The molecule has 4 rings (SSSR count). The molecule has 5 atom stereocenters. The Bertz CT molecular complexity index is 690. The van der Waals surface area contributed by atoms with Gasteiger partial charge in [-0.25, -0.2) is 0 Å². The first-order valence-corrected chi connectivity index (χ1v) is 10.6. The number of rotatable bonds is 7. The molecule has 3 aliphatic carbocycles. The van der Waals surface area contributed by atoms with Gasteiger partial charge in [0, 0.05) is 14.2 Å². The number of fused-ring (bicyclic) bond motifs is 5. The molecule has 3 aliphatic rings. The fourth-order valence-electron chi connectivity index (χ4n) is 6.35. The fourth-order valence-corrected chi connectivity index (χ4v) is 6.35. The van der Waals surface area contributed by atoms with Gasteiger partial charge < -0.3 is 23.7 Å². The number of aryl methyl sites for hydroxylation is 1. The monoisotopic (exact) mass is 390 g/mol. The zero-order valence-electron chi connectivity index (χ0n) is 17.7. The molecular weight excluding hydrogens is 356 g/mol. The van der Waals surface area contributed by atoms with Gasteiger partial charge in [-0.15, -0.1) is 0 Å². The summed E-state index contributed by atoms with van der Waals surface area (Å²) in [4.78, 5) is 0. The first kappa shape index (κ1) is 20.0. The lowest BCUT2D eigenvalue weighted by Crippen LogP contribution is -2.44. The van der Waals surface area contributed by atoms with Gasteiger partial charge in [0.2, 0.25) is 0 Å². The van der Waals surface area contributed by atoms with Gasteiger partial charge in [-0.3, -0.25) is 0 Å². The number of hydrogen-bond donors (Lipinski definition) is 0. The van der Waals surface area contributed by atoms with Crippen LogP contribution in [-0.2, 0) is 20.6 Å². The third kappa shape index (κ3) is 3.31. The molecule has 1 aromatic carbocycles. The minimum absolute atomic E-state index is 0.241. The van der Waals surface area contributed by atoms with Crippen molar-refractivity contribution in [3.8, 4) is 11.5 Å². The summed E-state index contributed by atoms with van der Waals surface area (Å²) in [5.41, 5.74) is 3.17. The molecule has 0 spiro atoms. The van der Waals surface area contributed by atoms with E-state index in [4.69, 9.17) is 23.7 Å². The lowest BCUT2D eigenvalue weighted by Gasteiger charge is -2.50. The quantitative estimate of drug-likeness (QED) is 0.641. The van der Waals surface area contributed by atoms with Crippen LogP contribution in [0.5, 0.6) is 11.5 Å². The highest BCUT2D eigenvalue weighted by atomic mass is 16.7. The van der Waals surface area contributed by atoms with Gasteiger partial charge in [0.1, 0.15) is 6.79 Å². The summed E-state index contributed by atoms with van der Waals surface area (Å²) in [6.07, 6.45) is 7.57. The summed E-state index contributed by atoms with van der Waals surface area (Å²) in [6.45, 7) is 3.11. The zero-order chi connectivity index (χ0) is 19.7. The molecule has 0 aromatic heterocycles. The van der Waals surface area contributed by atoms with Crippen LogP contribution in [0, 0.1) is 17.3 Å². The molecule has 1 aromatic rings. The van der Waals surface area contributed by atoms with E-state index in [-0.39, 0.29) is 12.2 Å². The molecule has 5 nitrogen and oxygen atoms in total. The van der Waals surface area contributed by atoms with Crippen LogP contribution in [-0.4, -0.2) is 41.0 Å². The molecule has 3 unspecified atom stereocenters. The summed E-state index contributed by atoms with van der Waals surface area (Å²) in [7, 11) is 5.07. The van der Waals surface area contributed by atoms with Crippen LogP contribution in [0.3, 0.4) is 0 Å². The Hall–Kier alpha value is -1.30. The van der Waals surface area contributed by atoms with Crippen molar-refractivity contribution in [1.82, 2.24) is 0 Å². The minimum Gasteiger partial charge on any atom is -0.493 e. The molecule has 0 N–H and O–H groups in total. The predicted octanol–water partition coefficient (Wildman–Crippen LogP) is 4.52. The van der Waals surface area contributed by atoms with Gasteiger partial charge in [0.05, 0.1) is 13.2 Å². The van der Waals surface area contributed by atoms with Crippen molar-refractivity contribution in [2.24, 2.45) is 17.3 Å². The Balaban J connectivity index is 1.59. The smallest absolute Gasteiger partial charge is 0.188 e. The van der Waals surface area contributed by atoms with Crippen LogP contribution in [0.15, 0.2) is 12.1 Å². The van der Waals surface area contributed by atoms with Crippen LogP contribution >= 0.6 is 0 Å².